The zero-order valence-corrected chi connectivity index (χ0v) is 8.20. The van der Waals surface area contributed by atoms with E-state index in [1.807, 2.05) is 6.08 Å². The number of hydrogen-bond donors (Lipinski definition) is 2. The molecule has 15 heavy (non-hydrogen) atoms. The van der Waals surface area contributed by atoms with Gasteiger partial charge in [0.2, 0.25) is 0 Å². The smallest absolute Gasteiger partial charge is 0.101 e. The molecule has 0 bridgehead atoms. The lowest BCUT2D eigenvalue weighted by Crippen LogP contribution is -2.01. The van der Waals surface area contributed by atoms with Crippen molar-refractivity contribution < 1.29 is 4.39 Å². The minimum absolute atomic E-state index is 0.130. The van der Waals surface area contributed by atoms with Crippen LogP contribution in [0.5, 0.6) is 0 Å². The highest BCUT2D eigenvalue weighted by Crippen LogP contribution is 2.30. The number of nitrogens with zero attached hydrogens (tertiary/aromatic N) is 1. The van der Waals surface area contributed by atoms with Crippen LogP contribution in [0.4, 0.5) is 15.8 Å². The van der Waals surface area contributed by atoms with Crippen LogP contribution in [0.25, 0.3) is 5.57 Å². The lowest BCUT2D eigenvalue weighted by Gasteiger charge is -2.11. The Morgan fingerprint density at radius 3 is 2.80 bits per heavy atom. The molecular formula is C11H12FN3. The Labute approximate surface area is 87.3 Å². The fourth-order valence-electron chi connectivity index (χ4n) is 1.57. The first-order chi connectivity index (χ1) is 7.18. The predicted octanol–water partition coefficient (Wildman–Crippen LogP) is 2.28. The summed E-state index contributed by atoms with van der Waals surface area (Å²) in [6.45, 7) is 0. The number of anilines is 2. The van der Waals surface area contributed by atoms with Crippen molar-refractivity contribution in [3.8, 4) is 0 Å². The predicted molar refractivity (Wildman–Crippen MR) is 59.5 cm³/mol. The summed E-state index contributed by atoms with van der Waals surface area (Å²) in [4.78, 5) is 3.95. The third-order valence-corrected chi connectivity index (χ3v) is 2.39. The lowest BCUT2D eigenvalue weighted by molar-refractivity contribution is 0.589. The highest BCUT2D eigenvalue weighted by Gasteiger charge is 2.11. The average Bonchev–Trinajstić information content (AvgIpc) is 2.22. The molecule has 0 saturated heterocycles. The van der Waals surface area contributed by atoms with E-state index in [0.717, 1.165) is 5.57 Å². The van der Waals surface area contributed by atoms with Gasteiger partial charge in [0.15, 0.2) is 0 Å². The second-order valence-electron chi connectivity index (χ2n) is 3.48. The van der Waals surface area contributed by atoms with Crippen LogP contribution in [-0.2, 0) is 0 Å². The Kier molecular flexibility index (Phi) is 2.41. The van der Waals surface area contributed by atoms with E-state index in [4.69, 9.17) is 11.5 Å². The van der Waals surface area contributed by atoms with Crippen molar-refractivity contribution in [2.24, 2.45) is 0 Å². The third kappa shape index (κ3) is 1.83. The zero-order chi connectivity index (χ0) is 10.8. The van der Waals surface area contributed by atoms with Gasteiger partial charge >= 0.3 is 0 Å². The SMILES string of the molecule is Nc1cncc(C2=CCCC(F)=C2)c1N. The summed E-state index contributed by atoms with van der Waals surface area (Å²) in [6.07, 6.45) is 7.66. The summed E-state index contributed by atoms with van der Waals surface area (Å²) in [5.41, 5.74) is 13.8. The molecule has 1 aliphatic carbocycles. The second-order valence-corrected chi connectivity index (χ2v) is 3.48. The summed E-state index contributed by atoms with van der Waals surface area (Å²) < 4.78 is 13.1. The normalized spacial score (nSPS) is 15.8. The molecule has 0 unspecified atom stereocenters. The highest BCUT2D eigenvalue weighted by atomic mass is 19.1. The fourth-order valence-corrected chi connectivity index (χ4v) is 1.57. The molecule has 1 aromatic heterocycles. The van der Waals surface area contributed by atoms with Crippen LogP contribution >= 0.6 is 0 Å². The van der Waals surface area contributed by atoms with Crippen LogP contribution in [0.2, 0.25) is 0 Å². The number of hydrogen-bond acceptors (Lipinski definition) is 3. The molecule has 0 radical (unpaired) electrons. The maximum absolute atomic E-state index is 13.1. The number of pyridine rings is 1. The Balaban J connectivity index is 2.46. The van der Waals surface area contributed by atoms with Crippen molar-refractivity contribution in [1.29, 1.82) is 0 Å². The van der Waals surface area contributed by atoms with Crippen molar-refractivity contribution in [3.63, 3.8) is 0 Å². The van der Waals surface area contributed by atoms with Crippen molar-refractivity contribution in [1.82, 2.24) is 4.98 Å². The highest BCUT2D eigenvalue weighted by molar-refractivity contribution is 5.86. The number of aromatic nitrogens is 1. The van der Waals surface area contributed by atoms with E-state index in [9.17, 15) is 4.39 Å². The van der Waals surface area contributed by atoms with Crippen LogP contribution < -0.4 is 11.5 Å². The summed E-state index contributed by atoms with van der Waals surface area (Å²) in [5.74, 6) is -0.130. The minimum atomic E-state index is -0.130. The Bertz CT molecular complexity index is 449. The molecule has 0 aromatic carbocycles. The summed E-state index contributed by atoms with van der Waals surface area (Å²) in [7, 11) is 0. The van der Waals surface area contributed by atoms with E-state index < -0.39 is 0 Å². The van der Waals surface area contributed by atoms with Crippen LogP contribution in [-0.4, -0.2) is 4.98 Å². The van der Waals surface area contributed by atoms with E-state index in [0.29, 0.717) is 29.8 Å². The van der Waals surface area contributed by atoms with Gasteiger partial charge in [-0.1, -0.05) is 6.08 Å². The number of allylic oxidation sites excluding steroid dienone is 4. The summed E-state index contributed by atoms with van der Waals surface area (Å²) >= 11 is 0. The molecule has 2 rings (SSSR count). The Morgan fingerprint density at radius 2 is 2.07 bits per heavy atom. The molecule has 0 amide bonds. The van der Waals surface area contributed by atoms with Gasteiger partial charge in [0, 0.05) is 18.2 Å². The Hall–Kier alpha value is -1.84. The molecule has 1 heterocycles. The van der Waals surface area contributed by atoms with Gasteiger partial charge in [0.25, 0.3) is 0 Å². The molecule has 4 heteroatoms. The minimum Gasteiger partial charge on any atom is -0.396 e. The number of halogens is 1. The van der Waals surface area contributed by atoms with Gasteiger partial charge in [0.1, 0.15) is 5.83 Å². The molecular weight excluding hydrogens is 193 g/mol. The van der Waals surface area contributed by atoms with Crippen LogP contribution in [0.15, 0.2) is 30.4 Å². The van der Waals surface area contributed by atoms with E-state index in [1.54, 1.807) is 6.20 Å². The first-order valence-electron chi connectivity index (χ1n) is 4.74. The topological polar surface area (TPSA) is 64.9 Å². The van der Waals surface area contributed by atoms with Crippen molar-refractivity contribution in [2.45, 2.75) is 12.8 Å². The van der Waals surface area contributed by atoms with Crippen molar-refractivity contribution >= 4 is 16.9 Å². The maximum atomic E-state index is 13.1. The van der Waals surface area contributed by atoms with E-state index >= 15 is 0 Å². The largest absolute Gasteiger partial charge is 0.396 e. The first-order valence-corrected chi connectivity index (χ1v) is 4.74. The lowest BCUT2D eigenvalue weighted by atomic mass is 9.99. The van der Waals surface area contributed by atoms with Crippen molar-refractivity contribution in [2.75, 3.05) is 11.5 Å². The zero-order valence-electron chi connectivity index (χ0n) is 8.20. The number of rotatable bonds is 1. The second kappa shape index (κ2) is 3.73. The summed E-state index contributed by atoms with van der Waals surface area (Å²) in [5, 5.41) is 0. The standard InChI is InChI=1S/C11H12FN3/c12-8-3-1-2-7(4-8)9-5-15-6-10(13)11(9)14/h2,4-6H,1,3,13H2,(H2,14,15). The van der Waals surface area contributed by atoms with Gasteiger partial charge in [0.05, 0.1) is 17.6 Å². The Morgan fingerprint density at radius 1 is 1.27 bits per heavy atom. The maximum Gasteiger partial charge on any atom is 0.101 e. The fraction of sp³-hybridized carbons (Fsp3) is 0.182. The van der Waals surface area contributed by atoms with Gasteiger partial charge < -0.3 is 11.5 Å². The van der Waals surface area contributed by atoms with Gasteiger partial charge in [-0.2, -0.15) is 0 Å². The molecule has 1 aliphatic rings. The molecule has 3 nitrogen and oxygen atoms in total. The van der Waals surface area contributed by atoms with Gasteiger partial charge in [-0.3, -0.25) is 4.98 Å². The first kappa shape index (κ1) is 9.71. The average molecular weight is 205 g/mol. The van der Waals surface area contributed by atoms with Crippen LogP contribution in [0.1, 0.15) is 18.4 Å². The van der Waals surface area contributed by atoms with E-state index in [1.165, 1.54) is 12.3 Å². The monoisotopic (exact) mass is 205 g/mol. The van der Waals surface area contributed by atoms with Gasteiger partial charge in [-0.05, 0) is 18.1 Å². The molecule has 4 N–H and O–H groups in total. The summed E-state index contributed by atoms with van der Waals surface area (Å²) in [6, 6.07) is 0. The van der Waals surface area contributed by atoms with Crippen LogP contribution in [0.3, 0.4) is 0 Å². The molecule has 0 aliphatic heterocycles. The quantitative estimate of drug-likeness (QED) is 0.739. The number of nitrogens with two attached hydrogens (primary N) is 2. The number of nitrogen functional groups attached to an aromatic ring is 2. The van der Waals surface area contributed by atoms with Crippen LogP contribution in [0, 0.1) is 0 Å². The molecule has 0 fully saturated rings. The van der Waals surface area contributed by atoms with Gasteiger partial charge in [-0.25, -0.2) is 4.39 Å². The van der Waals surface area contributed by atoms with Gasteiger partial charge in [-0.15, -0.1) is 0 Å². The molecule has 0 atom stereocenters. The van der Waals surface area contributed by atoms with Crippen molar-refractivity contribution in [3.05, 3.63) is 35.9 Å². The molecule has 78 valence electrons. The molecule has 1 aromatic rings. The molecule has 0 saturated carbocycles. The third-order valence-electron chi connectivity index (χ3n) is 2.39. The van der Waals surface area contributed by atoms with E-state index in [2.05, 4.69) is 4.98 Å². The van der Waals surface area contributed by atoms with E-state index in [-0.39, 0.29) is 5.83 Å². The molecule has 0 spiro atoms.